The summed E-state index contributed by atoms with van der Waals surface area (Å²) in [6.45, 7) is 1.23. The zero-order valence-corrected chi connectivity index (χ0v) is 10.5. The van der Waals surface area contributed by atoms with E-state index in [9.17, 15) is 9.59 Å². The van der Waals surface area contributed by atoms with Gasteiger partial charge in [0.15, 0.2) is 5.78 Å². The van der Waals surface area contributed by atoms with Crippen molar-refractivity contribution in [2.75, 3.05) is 26.7 Å². The Hall–Kier alpha value is -0.252. The van der Waals surface area contributed by atoms with Gasteiger partial charge < -0.3 is 10.8 Å². The number of hydrogen-bond acceptors (Lipinski definition) is 4. The van der Waals surface area contributed by atoms with E-state index in [1.807, 2.05) is 0 Å². The van der Waals surface area contributed by atoms with Gasteiger partial charge in [-0.2, -0.15) is 0 Å². The second kappa shape index (κ2) is 8.35. The quantitative estimate of drug-likeness (QED) is 0.591. The van der Waals surface area contributed by atoms with E-state index in [0.717, 1.165) is 0 Å². The molecule has 0 aliphatic rings. The number of carboxylic acid groups (broad SMARTS) is 1. The van der Waals surface area contributed by atoms with Gasteiger partial charge in [-0.1, -0.05) is 0 Å². The minimum atomic E-state index is -1.08. The molecule has 0 saturated heterocycles. The normalized spacial score (nSPS) is 9.46. The molecular formula is C7H14N2O3W. The van der Waals surface area contributed by atoms with Gasteiger partial charge in [-0.3, -0.25) is 14.5 Å². The van der Waals surface area contributed by atoms with Gasteiger partial charge in [-0.15, -0.1) is 0 Å². The van der Waals surface area contributed by atoms with Gasteiger partial charge in [-0.05, 0) is 7.05 Å². The van der Waals surface area contributed by atoms with Gasteiger partial charge in [-0.25, -0.2) is 0 Å². The maximum atomic E-state index is 10.9. The van der Waals surface area contributed by atoms with Crippen molar-refractivity contribution in [3.8, 4) is 0 Å². The molecule has 0 aromatic carbocycles. The first-order chi connectivity index (χ1) is 5.56. The Bertz CT molecular complexity index is 175. The summed E-state index contributed by atoms with van der Waals surface area (Å²) >= 11 is 0. The van der Waals surface area contributed by atoms with Crippen LogP contribution in [-0.2, 0) is 30.7 Å². The molecule has 0 saturated carbocycles. The average molecular weight is 358 g/mol. The molecule has 0 aliphatic heterocycles. The van der Waals surface area contributed by atoms with Crippen LogP contribution in [0.15, 0.2) is 0 Å². The summed E-state index contributed by atoms with van der Waals surface area (Å²) in [5.41, 5.74) is 5.24. The average Bonchev–Trinajstić information content (AvgIpc) is 1.84. The Morgan fingerprint density at radius 2 is 2.00 bits per heavy atom. The van der Waals surface area contributed by atoms with Crippen LogP contribution in [0.25, 0.3) is 0 Å². The fraction of sp³-hybridized carbons (Fsp3) is 0.714. The van der Waals surface area contributed by atoms with Crippen molar-refractivity contribution >= 4 is 11.8 Å². The summed E-state index contributed by atoms with van der Waals surface area (Å²) in [5, 5.41) is 8.26. The third-order valence-corrected chi connectivity index (χ3v) is 1.31. The standard InChI is InChI=1S/C7H14N2O3.W/c1-9(3-2-8)5-6(10)4-7(11)12;/h2-5,8H2,1H3,(H,11,12);. The van der Waals surface area contributed by atoms with E-state index in [2.05, 4.69) is 0 Å². The van der Waals surface area contributed by atoms with Gasteiger partial charge in [0, 0.05) is 34.2 Å². The summed E-state index contributed by atoms with van der Waals surface area (Å²) < 4.78 is 0. The van der Waals surface area contributed by atoms with Crippen LogP contribution in [0, 0.1) is 0 Å². The van der Waals surface area contributed by atoms with E-state index in [1.54, 1.807) is 11.9 Å². The Balaban J connectivity index is 0. The van der Waals surface area contributed by atoms with E-state index < -0.39 is 12.4 Å². The monoisotopic (exact) mass is 358 g/mol. The minimum absolute atomic E-state index is 0. The summed E-state index contributed by atoms with van der Waals surface area (Å²) in [6.07, 6.45) is -0.408. The number of rotatable bonds is 6. The zero-order valence-electron chi connectivity index (χ0n) is 7.52. The maximum Gasteiger partial charge on any atom is 0.310 e. The number of carbonyl (C=O) groups is 2. The largest absolute Gasteiger partial charge is 0.481 e. The van der Waals surface area contributed by atoms with Gasteiger partial charge >= 0.3 is 5.97 Å². The third kappa shape index (κ3) is 9.66. The topological polar surface area (TPSA) is 83.6 Å². The van der Waals surface area contributed by atoms with Gasteiger partial charge in [0.05, 0.1) is 6.54 Å². The molecule has 0 aliphatic carbocycles. The number of likely N-dealkylation sites (N-methyl/N-ethyl adjacent to an activating group) is 1. The first-order valence-corrected chi connectivity index (χ1v) is 3.68. The van der Waals surface area contributed by atoms with Crippen molar-refractivity contribution in [1.82, 2.24) is 4.90 Å². The second-order valence-corrected chi connectivity index (χ2v) is 2.64. The van der Waals surface area contributed by atoms with Crippen LogP contribution < -0.4 is 5.73 Å². The number of carboxylic acids is 1. The van der Waals surface area contributed by atoms with Crippen molar-refractivity contribution in [2.45, 2.75) is 6.42 Å². The smallest absolute Gasteiger partial charge is 0.310 e. The molecule has 0 heterocycles. The van der Waals surface area contributed by atoms with Crippen molar-refractivity contribution in [3.63, 3.8) is 0 Å². The SMILES string of the molecule is CN(CCN)CC(=O)CC(=O)O.[W]. The molecule has 5 nitrogen and oxygen atoms in total. The Labute approximate surface area is 91.5 Å². The molecule has 0 unspecified atom stereocenters. The number of nitrogens with two attached hydrogens (primary N) is 1. The molecule has 0 spiro atoms. The van der Waals surface area contributed by atoms with Crippen molar-refractivity contribution < 1.29 is 35.8 Å². The summed E-state index contributed by atoms with van der Waals surface area (Å²) in [4.78, 5) is 22.7. The molecule has 0 aromatic rings. The van der Waals surface area contributed by atoms with E-state index in [0.29, 0.717) is 13.1 Å². The Morgan fingerprint density at radius 1 is 1.46 bits per heavy atom. The van der Waals surface area contributed by atoms with Crippen molar-refractivity contribution in [1.29, 1.82) is 0 Å². The summed E-state index contributed by atoms with van der Waals surface area (Å²) in [6, 6.07) is 0. The molecule has 0 rings (SSSR count). The number of ketones is 1. The molecule has 0 fully saturated rings. The summed E-state index contributed by atoms with van der Waals surface area (Å²) in [5.74, 6) is -1.38. The molecule has 3 N–H and O–H groups in total. The second-order valence-electron chi connectivity index (χ2n) is 2.64. The van der Waals surface area contributed by atoms with Crippen LogP contribution >= 0.6 is 0 Å². The number of nitrogens with zero attached hydrogens (tertiary/aromatic N) is 1. The molecule has 0 radical (unpaired) electrons. The van der Waals surface area contributed by atoms with E-state index in [4.69, 9.17) is 10.8 Å². The van der Waals surface area contributed by atoms with Crippen LogP contribution in [0.1, 0.15) is 6.42 Å². The molecule has 0 aromatic heterocycles. The van der Waals surface area contributed by atoms with Gasteiger partial charge in [0.25, 0.3) is 0 Å². The molecule has 0 bridgehead atoms. The van der Waals surface area contributed by atoms with Gasteiger partial charge in [0.1, 0.15) is 6.42 Å². The van der Waals surface area contributed by atoms with Crippen molar-refractivity contribution in [3.05, 3.63) is 0 Å². The number of Topliss-reactive ketones (excluding diaryl/α,β-unsaturated/α-hetero) is 1. The van der Waals surface area contributed by atoms with Crippen LogP contribution in [0.4, 0.5) is 0 Å². The Morgan fingerprint density at radius 3 is 2.38 bits per heavy atom. The first kappa shape index (κ1) is 15.2. The first-order valence-electron chi connectivity index (χ1n) is 3.68. The van der Waals surface area contributed by atoms with Crippen LogP contribution in [0.5, 0.6) is 0 Å². The number of carbonyl (C=O) groups excluding carboxylic acids is 1. The molecule has 76 valence electrons. The van der Waals surface area contributed by atoms with E-state index >= 15 is 0 Å². The minimum Gasteiger partial charge on any atom is -0.481 e. The fourth-order valence-corrected chi connectivity index (χ4v) is 0.825. The van der Waals surface area contributed by atoms with Gasteiger partial charge in [0.2, 0.25) is 0 Å². The molecule has 6 heteroatoms. The Kier molecular flexibility index (Phi) is 9.78. The van der Waals surface area contributed by atoms with Crippen molar-refractivity contribution in [2.24, 2.45) is 5.73 Å². The molecule has 13 heavy (non-hydrogen) atoms. The van der Waals surface area contributed by atoms with E-state index in [-0.39, 0.29) is 33.4 Å². The zero-order chi connectivity index (χ0) is 9.56. The molecule has 0 atom stereocenters. The van der Waals surface area contributed by atoms with E-state index in [1.165, 1.54) is 0 Å². The number of hydrogen-bond donors (Lipinski definition) is 2. The van der Waals surface area contributed by atoms with Crippen LogP contribution in [0.3, 0.4) is 0 Å². The molecular weight excluding hydrogens is 344 g/mol. The van der Waals surface area contributed by atoms with Crippen LogP contribution in [-0.4, -0.2) is 48.4 Å². The fourth-order valence-electron chi connectivity index (χ4n) is 0.825. The third-order valence-electron chi connectivity index (χ3n) is 1.31. The predicted molar refractivity (Wildman–Crippen MR) is 43.8 cm³/mol. The maximum absolute atomic E-state index is 10.9. The summed E-state index contributed by atoms with van der Waals surface area (Å²) in [7, 11) is 1.73. The molecule has 0 amide bonds. The number of aliphatic carboxylic acids is 1. The van der Waals surface area contributed by atoms with Crippen LogP contribution in [0.2, 0.25) is 0 Å². The predicted octanol–water partition coefficient (Wildman–Crippen LogP) is -1.08.